The maximum absolute atomic E-state index is 12.0. The highest BCUT2D eigenvalue weighted by Gasteiger charge is 2.25. The van der Waals surface area contributed by atoms with Gasteiger partial charge in [0, 0.05) is 6.07 Å². The number of hydrogen-bond acceptors (Lipinski definition) is 6. The second kappa shape index (κ2) is 4.86. The summed E-state index contributed by atoms with van der Waals surface area (Å²) >= 11 is 0.703. The van der Waals surface area contributed by atoms with Crippen molar-refractivity contribution in [3.05, 3.63) is 35.5 Å². The number of aromatic nitrogens is 1. The smallest absolute Gasteiger partial charge is 0.356 e. The van der Waals surface area contributed by atoms with Crippen LogP contribution in [0.3, 0.4) is 0 Å². The minimum atomic E-state index is -4.05. The molecular weight excluding hydrogens is 292 g/mol. The van der Waals surface area contributed by atoms with E-state index < -0.39 is 21.7 Å². The van der Waals surface area contributed by atoms with Gasteiger partial charge in [0.2, 0.25) is 0 Å². The van der Waals surface area contributed by atoms with Crippen LogP contribution in [0.5, 0.6) is 5.75 Å². The molecule has 0 aliphatic carbocycles. The molecule has 1 aromatic heterocycles. The average molecular weight is 300 g/mol. The molecular formula is C10H8N2O5S2. The van der Waals surface area contributed by atoms with E-state index in [0.29, 0.717) is 11.3 Å². The van der Waals surface area contributed by atoms with Gasteiger partial charge in [0.25, 0.3) is 10.0 Å². The lowest BCUT2D eigenvalue weighted by Crippen LogP contribution is -2.15. The Hall–Kier alpha value is -2.13. The Balaban J connectivity index is 2.38. The van der Waals surface area contributed by atoms with E-state index in [4.69, 9.17) is 5.11 Å². The van der Waals surface area contributed by atoms with Gasteiger partial charge in [-0.15, -0.1) is 11.3 Å². The monoisotopic (exact) mass is 300 g/mol. The molecule has 1 heterocycles. The topological polar surface area (TPSA) is 117 Å². The summed E-state index contributed by atoms with van der Waals surface area (Å²) in [6.45, 7) is 0. The van der Waals surface area contributed by atoms with Gasteiger partial charge in [-0.05, 0) is 12.1 Å². The van der Waals surface area contributed by atoms with Crippen LogP contribution in [0.2, 0.25) is 0 Å². The fraction of sp³-hybridized carbons (Fsp3) is 0. The van der Waals surface area contributed by atoms with E-state index in [1.54, 1.807) is 0 Å². The summed E-state index contributed by atoms with van der Waals surface area (Å²) in [6.07, 6.45) is 0. The molecule has 19 heavy (non-hydrogen) atoms. The number of hydrogen-bond donors (Lipinski definition) is 3. The molecule has 0 unspecified atom stereocenters. The van der Waals surface area contributed by atoms with Crippen molar-refractivity contribution in [3.63, 3.8) is 0 Å². The van der Waals surface area contributed by atoms with Gasteiger partial charge >= 0.3 is 5.97 Å². The Kier molecular flexibility index (Phi) is 3.40. The van der Waals surface area contributed by atoms with Gasteiger partial charge in [0.1, 0.15) is 5.75 Å². The molecule has 9 heteroatoms. The number of thiazole rings is 1. The fourth-order valence-corrected chi connectivity index (χ4v) is 3.53. The van der Waals surface area contributed by atoms with Crippen LogP contribution in [-0.2, 0) is 10.0 Å². The van der Waals surface area contributed by atoms with Crippen LogP contribution in [0.1, 0.15) is 10.5 Å². The molecule has 7 nitrogen and oxygen atoms in total. The molecule has 0 bridgehead atoms. The number of sulfonamides is 1. The predicted molar refractivity (Wildman–Crippen MR) is 68.0 cm³/mol. The third-order valence-electron chi connectivity index (χ3n) is 2.08. The Bertz CT molecular complexity index is 723. The lowest BCUT2D eigenvalue weighted by molar-refractivity contribution is 0.0687. The average Bonchev–Trinajstić information content (AvgIpc) is 2.77. The zero-order valence-electron chi connectivity index (χ0n) is 9.27. The van der Waals surface area contributed by atoms with E-state index in [1.807, 2.05) is 0 Å². The molecule has 0 radical (unpaired) electrons. The molecule has 2 aromatic rings. The first-order chi connectivity index (χ1) is 8.90. The first kappa shape index (κ1) is 13.3. The second-order valence-corrected chi connectivity index (χ2v) is 6.18. The van der Waals surface area contributed by atoms with Crippen LogP contribution in [0, 0.1) is 0 Å². The van der Waals surface area contributed by atoms with Gasteiger partial charge in [0.15, 0.2) is 9.90 Å². The van der Waals surface area contributed by atoms with E-state index in [0.717, 1.165) is 5.51 Å². The van der Waals surface area contributed by atoms with Gasteiger partial charge in [0.05, 0.1) is 11.2 Å². The van der Waals surface area contributed by atoms with Gasteiger partial charge < -0.3 is 10.2 Å². The van der Waals surface area contributed by atoms with Crippen molar-refractivity contribution in [2.45, 2.75) is 4.21 Å². The highest BCUT2D eigenvalue weighted by molar-refractivity contribution is 7.94. The number of phenolic OH excluding ortho intramolecular Hbond substituents is 1. The number of aromatic carboxylic acids is 1. The van der Waals surface area contributed by atoms with Crippen LogP contribution in [0.25, 0.3) is 0 Å². The molecule has 0 fully saturated rings. The van der Waals surface area contributed by atoms with Crippen molar-refractivity contribution >= 4 is 33.0 Å². The fourth-order valence-electron chi connectivity index (χ4n) is 1.34. The third kappa shape index (κ3) is 2.83. The van der Waals surface area contributed by atoms with E-state index in [1.165, 1.54) is 24.3 Å². The summed E-state index contributed by atoms with van der Waals surface area (Å²) in [5, 5.41) is 18.1. The highest BCUT2D eigenvalue weighted by atomic mass is 32.2. The molecule has 100 valence electrons. The van der Waals surface area contributed by atoms with Crippen molar-refractivity contribution in [1.29, 1.82) is 0 Å². The number of nitrogens with zero attached hydrogens (tertiary/aromatic N) is 1. The zero-order valence-corrected chi connectivity index (χ0v) is 10.9. The van der Waals surface area contributed by atoms with Crippen molar-refractivity contribution in [3.8, 4) is 5.75 Å². The molecule has 0 aliphatic rings. The third-order valence-corrected chi connectivity index (χ3v) is 4.83. The van der Waals surface area contributed by atoms with Gasteiger partial charge in [-0.3, -0.25) is 4.72 Å². The predicted octanol–water partition coefficient (Wildman–Crippen LogP) is 1.35. The Morgan fingerprint density at radius 2 is 2.11 bits per heavy atom. The summed E-state index contributed by atoms with van der Waals surface area (Å²) < 4.78 is 25.8. The minimum absolute atomic E-state index is 0.108. The number of anilines is 1. The summed E-state index contributed by atoms with van der Waals surface area (Å²) in [4.78, 5) is 14.3. The lowest BCUT2D eigenvalue weighted by atomic mass is 10.3. The van der Waals surface area contributed by atoms with Gasteiger partial charge in [-0.2, -0.15) is 0 Å². The van der Waals surface area contributed by atoms with Crippen LogP contribution in [-0.4, -0.2) is 29.6 Å². The summed E-state index contributed by atoms with van der Waals surface area (Å²) in [5.74, 6) is -1.53. The Morgan fingerprint density at radius 3 is 2.74 bits per heavy atom. The van der Waals surface area contributed by atoms with Crippen molar-refractivity contribution in [2.24, 2.45) is 0 Å². The van der Waals surface area contributed by atoms with E-state index in [2.05, 4.69) is 9.71 Å². The molecule has 0 saturated carbocycles. The van der Waals surface area contributed by atoms with E-state index in [9.17, 15) is 18.3 Å². The molecule has 2 rings (SSSR count). The largest absolute Gasteiger partial charge is 0.508 e. The molecule has 0 amide bonds. The molecule has 1 aromatic carbocycles. The first-order valence-corrected chi connectivity index (χ1v) is 7.25. The van der Waals surface area contributed by atoms with Crippen molar-refractivity contribution < 1.29 is 23.4 Å². The van der Waals surface area contributed by atoms with Crippen LogP contribution >= 0.6 is 11.3 Å². The number of rotatable bonds is 4. The lowest BCUT2D eigenvalue weighted by Gasteiger charge is -2.06. The van der Waals surface area contributed by atoms with Crippen molar-refractivity contribution in [2.75, 3.05) is 4.72 Å². The number of benzene rings is 1. The molecule has 0 saturated heterocycles. The van der Waals surface area contributed by atoms with E-state index in [-0.39, 0.29) is 15.6 Å². The number of carboxylic acids is 1. The normalized spacial score (nSPS) is 11.2. The van der Waals surface area contributed by atoms with E-state index >= 15 is 0 Å². The summed E-state index contributed by atoms with van der Waals surface area (Å²) in [5.41, 5.74) is 0.739. The summed E-state index contributed by atoms with van der Waals surface area (Å²) in [7, 11) is -4.05. The number of aromatic hydroxyl groups is 1. The zero-order chi connectivity index (χ0) is 14.0. The number of nitrogens with one attached hydrogen (secondary N) is 1. The maximum Gasteiger partial charge on any atom is 0.356 e. The Morgan fingerprint density at radius 1 is 1.37 bits per heavy atom. The van der Waals surface area contributed by atoms with Crippen LogP contribution in [0.15, 0.2) is 34.0 Å². The molecule has 0 aliphatic heterocycles. The number of phenols is 1. The van der Waals surface area contributed by atoms with Crippen LogP contribution in [0.4, 0.5) is 5.69 Å². The summed E-state index contributed by atoms with van der Waals surface area (Å²) in [6, 6.07) is 5.48. The Labute approximate surface area is 112 Å². The molecule has 0 atom stereocenters. The molecule has 0 spiro atoms. The standard InChI is InChI=1S/C10H8N2O5S2/c13-7-3-1-2-6(4-7)12-19(16,17)10-8(9(14)15)11-5-18-10/h1-5,12-13H,(H,14,15). The SMILES string of the molecule is O=C(O)c1ncsc1S(=O)(=O)Nc1cccc(O)c1. The van der Waals surface area contributed by atoms with Crippen LogP contribution < -0.4 is 4.72 Å². The maximum atomic E-state index is 12.0. The second-order valence-electron chi connectivity index (χ2n) is 3.45. The first-order valence-electron chi connectivity index (χ1n) is 4.89. The quantitative estimate of drug-likeness (QED) is 0.784. The van der Waals surface area contributed by atoms with Crippen molar-refractivity contribution in [1.82, 2.24) is 4.98 Å². The molecule has 3 N–H and O–H groups in total. The highest BCUT2D eigenvalue weighted by Crippen LogP contribution is 2.24. The minimum Gasteiger partial charge on any atom is -0.508 e. The number of carbonyl (C=O) groups is 1. The number of carboxylic acid groups (broad SMARTS) is 1. The van der Waals surface area contributed by atoms with Gasteiger partial charge in [-0.25, -0.2) is 18.2 Å². The van der Waals surface area contributed by atoms with Gasteiger partial charge in [-0.1, -0.05) is 6.07 Å².